The maximum Gasteiger partial charge on any atom is 0.252 e. The number of carbonyl (C=O) groups excluding carboxylic acids is 1. The molecule has 3 aromatic carbocycles. The van der Waals surface area contributed by atoms with Gasteiger partial charge in [-0.15, -0.1) is 0 Å². The zero-order chi connectivity index (χ0) is 27.7. The van der Waals surface area contributed by atoms with Crippen molar-refractivity contribution in [1.29, 1.82) is 0 Å². The van der Waals surface area contributed by atoms with Gasteiger partial charge in [-0.1, -0.05) is 54.6 Å². The molecular formula is C32H31ClF2N2O2. The van der Waals surface area contributed by atoms with Crippen LogP contribution in [0, 0.1) is 11.6 Å². The van der Waals surface area contributed by atoms with Crippen LogP contribution in [-0.4, -0.2) is 30.0 Å². The largest absolute Gasteiger partial charge is 0.496 e. The molecule has 0 saturated heterocycles. The van der Waals surface area contributed by atoms with E-state index in [1.165, 1.54) is 0 Å². The average molecular weight is 549 g/mol. The standard InChI is InChI=1S/C32H31ClF2N2O2/c1-3-19-4-6-20(7-5-19)21-8-15-29(39-2)22(16-21)18-37(24-11-9-23(36)10-12-24)32(38)26-17-25-27(34)13-14-28(35)30(25)31(26)33/h3-8,13-16,23-24H,1,9-12,17-18,36H2,2H3. The van der Waals surface area contributed by atoms with Gasteiger partial charge in [0, 0.05) is 47.3 Å². The molecule has 4 nitrogen and oxygen atoms in total. The molecule has 202 valence electrons. The Hall–Kier alpha value is -3.48. The monoisotopic (exact) mass is 548 g/mol. The molecule has 5 rings (SSSR count). The van der Waals surface area contributed by atoms with Crippen molar-refractivity contribution in [3.05, 3.63) is 101 Å². The van der Waals surface area contributed by atoms with Gasteiger partial charge in [0.1, 0.15) is 17.4 Å². The fourth-order valence-corrected chi connectivity index (χ4v) is 5.96. The summed E-state index contributed by atoms with van der Waals surface area (Å²) in [5.41, 5.74) is 10.3. The summed E-state index contributed by atoms with van der Waals surface area (Å²) in [4.78, 5) is 15.9. The Balaban J connectivity index is 1.52. The van der Waals surface area contributed by atoms with Crippen LogP contribution in [0.2, 0.25) is 0 Å². The van der Waals surface area contributed by atoms with Gasteiger partial charge < -0.3 is 15.4 Å². The first-order chi connectivity index (χ1) is 18.8. The Bertz CT molecular complexity index is 1440. The number of methoxy groups -OCH3 is 1. The number of benzene rings is 3. The fourth-order valence-electron chi connectivity index (χ4n) is 5.61. The molecule has 0 spiro atoms. The van der Waals surface area contributed by atoms with E-state index in [4.69, 9.17) is 22.1 Å². The average Bonchev–Trinajstić information content (AvgIpc) is 3.32. The molecule has 7 heteroatoms. The topological polar surface area (TPSA) is 55.6 Å². The van der Waals surface area contributed by atoms with E-state index in [9.17, 15) is 13.6 Å². The summed E-state index contributed by atoms with van der Waals surface area (Å²) in [6, 6.07) is 16.1. The van der Waals surface area contributed by atoms with Gasteiger partial charge in [-0.05, 0) is 66.6 Å². The predicted molar refractivity (Wildman–Crippen MR) is 152 cm³/mol. The van der Waals surface area contributed by atoms with Crippen LogP contribution in [0.15, 0.2) is 66.7 Å². The van der Waals surface area contributed by atoms with Crippen molar-refractivity contribution in [3.8, 4) is 16.9 Å². The molecule has 0 unspecified atom stereocenters. The lowest BCUT2D eigenvalue weighted by atomic mass is 9.89. The van der Waals surface area contributed by atoms with Crippen molar-refractivity contribution in [2.45, 2.75) is 50.7 Å². The molecule has 39 heavy (non-hydrogen) atoms. The molecule has 2 aliphatic rings. The minimum absolute atomic E-state index is 0.0202. The smallest absolute Gasteiger partial charge is 0.252 e. The molecule has 0 radical (unpaired) electrons. The lowest BCUT2D eigenvalue weighted by Gasteiger charge is -2.37. The molecule has 1 amide bonds. The summed E-state index contributed by atoms with van der Waals surface area (Å²) in [5, 5.41) is -0.0208. The van der Waals surface area contributed by atoms with Crippen LogP contribution in [0.1, 0.15) is 47.9 Å². The Kier molecular flexibility index (Phi) is 7.87. The molecule has 0 aliphatic heterocycles. The highest BCUT2D eigenvalue weighted by molar-refractivity contribution is 6.52. The van der Waals surface area contributed by atoms with Crippen LogP contribution >= 0.6 is 11.6 Å². The first-order valence-electron chi connectivity index (χ1n) is 13.1. The van der Waals surface area contributed by atoms with Crippen molar-refractivity contribution in [1.82, 2.24) is 4.90 Å². The summed E-state index contributed by atoms with van der Waals surface area (Å²) in [6.07, 6.45) is 4.79. The highest BCUT2D eigenvalue weighted by atomic mass is 35.5. The van der Waals surface area contributed by atoms with Crippen LogP contribution in [-0.2, 0) is 17.8 Å². The zero-order valence-corrected chi connectivity index (χ0v) is 22.6. The van der Waals surface area contributed by atoms with Gasteiger partial charge in [0.25, 0.3) is 5.91 Å². The molecule has 3 aromatic rings. The Morgan fingerprint density at radius 3 is 2.36 bits per heavy atom. The van der Waals surface area contributed by atoms with Crippen molar-refractivity contribution >= 4 is 28.6 Å². The number of rotatable bonds is 7. The molecule has 0 bridgehead atoms. The second-order valence-corrected chi connectivity index (χ2v) is 10.6. The third-order valence-electron chi connectivity index (χ3n) is 7.84. The Labute approximate surface area is 232 Å². The minimum atomic E-state index is -0.633. The first kappa shape index (κ1) is 27.1. The summed E-state index contributed by atoms with van der Waals surface area (Å²) in [6.45, 7) is 4.07. The third-order valence-corrected chi connectivity index (χ3v) is 8.26. The molecule has 0 heterocycles. The van der Waals surface area contributed by atoms with Gasteiger partial charge in [0.15, 0.2) is 0 Å². The predicted octanol–water partition coefficient (Wildman–Crippen LogP) is 7.09. The van der Waals surface area contributed by atoms with E-state index < -0.39 is 11.6 Å². The van der Waals surface area contributed by atoms with Gasteiger partial charge in [-0.2, -0.15) is 0 Å². The maximum absolute atomic E-state index is 14.6. The van der Waals surface area contributed by atoms with Crippen molar-refractivity contribution in [2.75, 3.05) is 7.11 Å². The van der Waals surface area contributed by atoms with E-state index in [0.29, 0.717) is 5.75 Å². The van der Waals surface area contributed by atoms with Crippen molar-refractivity contribution in [2.24, 2.45) is 5.73 Å². The number of ether oxygens (including phenoxy) is 1. The second-order valence-electron chi connectivity index (χ2n) is 10.2. The van der Waals surface area contributed by atoms with Crippen LogP contribution in [0.4, 0.5) is 8.78 Å². The van der Waals surface area contributed by atoms with Crippen molar-refractivity contribution in [3.63, 3.8) is 0 Å². The van der Waals surface area contributed by atoms with Gasteiger partial charge in [-0.25, -0.2) is 8.78 Å². The molecule has 2 aliphatic carbocycles. The van der Waals surface area contributed by atoms with Crippen LogP contribution in [0.25, 0.3) is 22.2 Å². The molecule has 2 N–H and O–H groups in total. The first-order valence-corrected chi connectivity index (χ1v) is 13.5. The quantitative estimate of drug-likeness (QED) is 0.343. The second kappa shape index (κ2) is 11.3. The number of amides is 1. The van der Waals surface area contributed by atoms with Crippen LogP contribution in [0.3, 0.4) is 0 Å². The summed E-state index contributed by atoms with van der Waals surface area (Å²) in [5.74, 6) is -0.873. The minimum Gasteiger partial charge on any atom is -0.496 e. The summed E-state index contributed by atoms with van der Waals surface area (Å²) >= 11 is 6.55. The number of hydrogen-bond acceptors (Lipinski definition) is 3. The molecule has 0 atom stereocenters. The molecule has 0 aromatic heterocycles. The maximum atomic E-state index is 14.6. The van der Waals surface area contributed by atoms with E-state index in [-0.39, 0.29) is 52.7 Å². The number of halogens is 3. The Morgan fingerprint density at radius 1 is 1.05 bits per heavy atom. The number of hydrogen-bond donors (Lipinski definition) is 1. The summed E-state index contributed by atoms with van der Waals surface area (Å²) in [7, 11) is 1.60. The molecular weight excluding hydrogens is 518 g/mol. The lowest BCUT2D eigenvalue weighted by Crippen LogP contribution is -2.44. The number of nitrogens with zero attached hydrogens (tertiary/aromatic N) is 1. The van der Waals surface area contributed by atoms with Gasteiger partial charge in [0.05, 0.1) is 12.1 Å². The fraction of sp³-hybridized carbons (Fsp3) is 0.281. The molecule has 1 saturated carbocycles. The zero-order valence-electron chi connectivity index (χ0n) is 21.9. The molecule has 1 fully saturated rings. The summed E-state index contributed by atoms with van der Waals surface area (Å²) < 4.78 is 34.9. The normalized spacial score (nSPS) is 18.6. The van der Waals surface area contributed by atoms with Crippen LogP contribution in [0.5, 0.6) is 5.75 Å². The number of fused-ring (bicyclic) bond motifs is 1. The van der Waals surface area contributed by atoms with E-state index in [1.54, 1.807) is 18.1 Å². The van der Waals surface area contributed by atoms with E-state index in [2.05, 4.69) is 6.58 Å². The lowest BCUT2D eigenvalue weighted by molar-refractivity contribution is -0.130. The van der Waals surface area contributed by atoms with Crippen LogP contribution < -0.4 is 10.5 Å². The SMILES string of the molecule is C=Cc1ccc(-c2ccc(OC)c(CN(C(=O)C3=C(Cl)c4c(F)ccc(F)c4C3)C3CCC(N)CC3)c2)cc1. The van der Waals surface area contributed by atoms with E-state index >= 15 is 0 Å². The van der Waals surface area contributed by atoms with Gasteiger partial charge in [0.2, 0.25) is 0 Å². The Morgan fingerprint density at radius 2 is 1.72 bits per heavy atom. The van der Waals surface area contributed by atoms with Gasteiger partial charge in [-0.3, -0.25) is 4.79 Å². The van der Waals surface area contributed by atoms with Crippen molar-refractivity contribution < 1.29 is 18.3 Å². The van der Waals surface area contributed by atoms with Gasteiger partial charge >= 0.3 is 0 Å². The third kappa shape index (κ3) is 5.36. The highest BCUT2D eigenvalue weighted by Gasteiger charge is 2.36. The van der Waals surface area contributed by atoms with E-state index in [1.807, 2.05) is 42.5 Å². The number of nitrogens with two attached hydrogens (primary N) is 1. The highest BCUT2D eigenvalue weighted by Crippen LogP contribution is 2.41. The number of carbonyl (C=O) groups is 1. The van der Waals surface area contributed by atoms with E-state index in [0.717, 1.165) is 60.1 Å².